The minimum absolute atomic E-state index is 0.144. The highest BCUT2D eigenvalue weighted by Gasteiger charge is 2.08. The summed E-state index contributed by atoms with van der Waals surface area (Å²) in [6, 6.07) is 11.5. The number of aryl methyl sites for hydroxylation is 1. The van der Waals surface area contributed by atoms with Crippen LogP contribution >= 0.6 is 11.3 Å². The van der Waals surface area contributed by atoms with Crippen LogP contribution in [0.1, 0.15) is 35.2 Å². The van der Waals surface area contributed by atoms with E-state index in [1.807, 2.05) is 23.5 Å². The number of rotatable bonds is 7. The third-order valence-corrected chi connectivity index (χ3v) is 4.88. The van der Waals surface area contributed by atoms with Gasteiger partial charge in [-0.15, -0.1) is 11.3 Å². The van der Waals surface area contributed by atoms with E-state index in [0.717, 1.165) is 24.9 Å². The van der Waals surface area contributed by atoms with Gasteiger partial charge in [-0.05, 0) is 44.0 Å². The summed E-state index contributed by atoms with van der Waals surface area (Å²) in [6.07, 6.45) is 1.95. The summed E-state index contributed by atoms with van der Waals surface area (Å²) in [5.74, 6) is 0. The van der Waals surface area contributed by atoms with Crippen LogP contribution in [-0.2, 0) is 12.8 Å². The van der Waals surface area contributed by atoms with Crippen LogP contribution in [0, 0.1) is 10.1 Å². The highest BCUT2D eigenvalue weighted by atomic mass is 32.1. The molecule has 2 aromatic rings. The molecule has 5 heteroatoms. The predicted molar refractivity (Wildman–Crippen MR) is 86.9 cm³/mol. The second-order valence-electron chi connectivity index (χ2n) is 5.01. The summed E-state index contributed by atoms with van der Waals surface area (Å²) in [5.41, 5.74) is 1.26. The van der Waals surface area contributed by atoms with E-state index in [0.29, 0.717) is 6.04 Å². The molecule has 4 nitrogen and oxygen atoms in total. The van der Waals surface area contributed by atoms with Gasteiger partial charge in [0.25, 0.3) is 5.69 Å². The molecule has 0 saturated carbocycles. The van der Waals surface area contributed by atoms with E-state index in [1.54, 1.807) is 12.1 Å². The fourth-order valence-electron chi connectivity index (χ4n) is 2.14. The zero-order valence-electron chi connectivity index (χ0n) is 12.3. The van der Waals surface area contributed by atoms with Gasteiger partial charge in [0.15, 0.2) is 0 Å². The summed E-state index contributed by atoms with van der Waals surface area (Å²) >= 11 is 1.85. The van der Waals surface area contributed by atoms with Gasteiger partial charge in [0, 0.05) is 27.9 Å². The molecule has 112 valence electrons. The molecule has 1 heterocycles. The lowest BCUT2D eigenvalue weighted by Gasteiger charge is -2.12. The quantitative estimate of drug-likeness (QED) is 0.618. The van der Waals surface area contributed by atoms with Gasteiger partial charge >= 0.3 is 0 Å². The van der Waals surface area contributed by atoms with Gasteiger partial charge in [-0.2, -0.15) is 0 Å². The Morgan fingerprint density at radius 1 is 1.24 bits per heavy atom. The number of thiophene rings is 1. The molecule has 1 unspecified atom stereocenters. The number of non-ortho nitro benzene ring substituents is 1. The van der Waals surface area contributed by atoms with Crippen molar-refractivity contribution in [3.05, 3.63) is 61.8 Å². The zero-order valence-corrected chi connectivity index (χ0v) is 13.2. The molecule has 0 fully saturated rings. The van der Waals surface area contributed by atoms with Gasteiger partial charge in [-0.1, -0.05) is 19.1 Å². The Kier molecular flexibility index (Phi) is 5.47. The molecule has 0 spiro atoms. The predicted octanol–water partition coefficient (Wildman–Crippen LogP) is 4.11. The van der Waals surface area contributed by atoms with Crippen molar-refractivity contribution < 1.29 is 4.92 Å². The third-order valence-electron chi connectivity index (χ3n) is 3.47. The highest BCUT2D eigenvalue weighted by molar-refractivity contribution is 7.12. The molecular weight excluding hydrogens is 284 g/mol. The van der Waals surface area contributed by atoms with Crippen molar-refractivity contribution in [2.45, 2.75) is 32.7 Å². The molecule has 2 rings (SSSR count). The topological polar surface area (TPSA) is 55.2 Å². The summed E-state index contributed by atoms with van der Waals surface area (Å²) in [4.78, 5) is 13.0. The Balaban J connectivity index is 1.82. The first kappa shape index (κ1) is 15.7. The van der Waals surface area contributed by atoms with Gasteiger partial charge in [0.05, 0.1) is 4.92 Å². The Morgan fingerprint density at radius 2 is 1.95 bits per heavy atom. The summed E-state index contributed by atoms with van der Waals surface area (Å²) in [6.45, 7) is 5.20. The molecule has 0 saturated heterocycles. The molecule has 1 aromatic carbocycles. The van der Waals surface area contributed by atoms with Gasteiger partial charge in [-0.3, -0.25) is 10.1 Å². The number of nitro benzene ring substituents is 1. The SMILES string of the molecule is CCc1ccc(C(C)NCCc2ccc([N+](=O)[O-])cc2)s1. The second kappa shape index (κ2) is 7.33. The molecule has 0 aliphatic heterocycles. The third kappa shape index (κ3) is 4.37. The van der Waals surface area contributed by atoms with E-state index in [-0.39, 0.29) is 10.6 Å². The number of nitrogens with one attached hydrogen (secondary N) is 1. The molecule has 1 atom stereocenters. The Morgan fingerprint density at radius 3 is 2.52 bits per heavy atom. The number of hydrogen-bond donors (Lipinski definition) is 1. The molecule has 0 aliphatic carbocycles. The van der Waals surface area contributed by atoms with Crippen LogP contribution < -0.4 is 5.32 Å². The summed E-state index contributed by atoms with van der Waals surface area (Å²) in [5, 5.41) is 14.1. The fraction of sp³-hybridized carbons (Fsp3) is 0.375. The van der Waals surface area contributed by atoms with E-state index < -0.39 is 0 Å². The fourth-order valence-corrected chi connectivity index (χ4v) is 3.11. The number of nitro groups is 1. The van der Waals surface area contributed by atoms with Crippen LogP contribution in [0.2, 0.25) is 0 Å². The first-order chi connectivity index (χ1) is 10.1. The van der Waals surface area contributed by atoms with Crippen LogP contribution in [-0.4, -0.2) is 11.5 Å². The van der Waals surface area contributed by atoms with Gasteiger partial charge in [0.1, 0.15) is 0 Å². The van der Waals surface area contributed by atoms with Crippen LogP contribution in [0.3, 0.4) is 0 Å². The first-order valence-electron chi connectivity index (χ1n) is 7.15. The molecule has 1 N–H and O–H groups in total. The standard InChI is InChI=1S/C16H20N2O2S/c1-3-15-8-9-16(21-15)12(2)17-11-10-13-4-6-14(7-5-13)18(19)20/h4-9,12,17H,3,10-11H2,1-2H3. The molecule has 1 aromatic heterocycles. The zero-order chi connectivity index (χ0) is 15.2. The second-order valence-corrected chi connectivity index (χ2v) is 6.21. The van der Waals surface area contributed by atoms with Gasteiger partial charge in [-0.25, -0.2) is 0 Å². The molecule has 0 aliphatic rings. The van der Waals surface area contributed by atoms with Crippen LogP contribution in [0.4, 0.5) is 5.69 Å². The van der Waals surface area contributed by atoms with Gasteiger partial charge in [0.2, 0.25) is 0 Å². The van der Waals surface area contributed by atoms with Crippen molar-refractivity contribution in [1.82, 2.24) is 5.32 Å². The normalized spacial score (nSPS) is 12.3. The lowest BCUT2D eigenvalue weighted by molar-refractivity contribution is -0.384. The van der Waals surface area contributed by atoms with E-state index in [2.05, 4.69) is 31.3 Å². The van der Waals surface area contributed by atoms with Crippen LogP contribution in [0.15, 0.2) is 36.4 Å². The van der Waals surface area contributed by atoms with Crippen molar-refractivity contribution in [3.63, 3.8) is 0 Å². The molecule has 0 radical (unpaired) electrons. The maximum absolute atomic E-state index is 10.6. The van der Waals surface area contributed by atoms with E-state index in [9.17, 15) is 10.1 Å². The Labute approximate surface area is 129 Å². The summed E-state index contributed by atoms with van der Waals surface area (Å²) < 4.78 is 0. The molecule has 0 amide bonds. The lowest BCUT2D eigenvalue weighted by Crippen LogP contribution is -2.20. The number of hydrogen-bond acceptors (Lipinski definition) is 4. The Hall–Kier alpha value is -1.72. The van der Waals surface area contributed by atoms with Crippen molar-refractivity contribution in [3.8, 4) is 0 Å². The van der Waals surface area contributed by atoms with Crippen molar-refractivity contribution in [2.24, 2.45) is 0 Å². The average molecular weight is 304 g/mol. The first-order valence-corrected chi connectivity index (χ1v) is 7.97. The van der Waals surface area contributed by atoms with Crippen LogP contribution in [0.5, 0.6) is 0 Å². The lowest BCUT2D eigenvalue weighted by atomic mass is 10.1. The van der Waals surface area contributed by atoms with Crippen molar-refractivity contribution in [1.29, 1.82) is 0 Å². The van der Waals surface area contributed by atoms with Crippen molar-refractivity contribution in [2.75, 3.05) is 6.54 Å². The summed E-state index contributed by atoms with van der Waals surface area (Å²) in [7, 11) is 0. The van der Waals surface area contributed by atoms with Gasteiger partial charge < -0.3 is 5.32 Å². The van der Waals surface area contributed by atoms with Crippen LogP contribution in [0.25, 0.3) is 0 Å². The monoisotopic (exact) mass is 304 g/mol. The molecular formula is C16H20N2O2S. The smallest absolute Gasteiger partial charge is 0.269 e. The molecule has 21 heavy (non-hydrogen) atoms. The Bertz CT molecular complexity index is 593. The number of benzene rings is 1. The largest absolute Gasteiger partial charge is 0.309 e. The highest BCUT2D eigenvalue weighted by Crippen LogP contribution is 2.23. The maximum atomic E-state index is 10.6. The van der Waals surface area contributed by atoms with Crippen molar-refractivity contribution >= 4 is 17.0 Å². The maximum Gasteiger partial charge on any atom is 0.269 e. The molecule has 0 bridgehead atoms. The minimum Gasteiger partial charge on any atom is -0.309 e. The van der Waals surface area contributed by atoms with E-state index in [4.69, 9.17) is 0 Å². The van der Waals surface area contributed by atoms with E-state index >= 15 is 0 Å². The number of nitrogens with zero attached hydrogens (tertiary/aromatic N) is 1. The average Bonchev–Trinajstić information content (AvgIpc) is 2.96. The minimum atomic E-state index is -0.369. The van der Waals surface area contributed by atoms with E-state index in [1.165, 1.54) is 9.75 Å².